The summed E-state index contributed by atoms with van der Waals surface area (Å²) in [4.78, 5) is 5.31. The number of oxazole rings is 1. The highest BCUT2D eigenvalue weighted by atomic mass is 79.9. The molecule has 0 aliphatic heterocycles. The summed E-state index contributed by atoms with van der Waals surface area (Å²) in [5, 5.41) is 1.96. The van der Waals surface area contributed by atoms with Crippen LogP contribution in [0.3, 0.4) is 0 Å². The van der Waals surface area contributed by atoms with Crippen molar-refractivity contribution in [1.29, 1.82) is 0 Å². The zero-order valence-corrected chi connectivity index (χ0v) is 10.7. The van der Waals surface area contributed by atoms with Crippen LogP contribution in [-0.4, -0.2) is 4.98 Å². The highest BCUT2D eigenvalue weighted by molar-refractivity contribution is 9.08. The van der Waals surface area contributed by atoms with E-state index < -0.39 is 0 Å². The number of benzene rings is 1. The second-order valence-electron chi connectivity index (χ2n) is 3.41. The SMILES string of the molecule is BrCc1ncoc1-c1cc2ccccc2s1. The minimum atomic E-state index is 0.715. The summed E-state index contributed by atoms with van der Waals surface area (Å²) in [6.07, 6.45) is 1.50. The second kappa shape index (κ2) is 4.03. The molecular formula is C12H8BrNOS. The Labute approximate surface area is 105 Å². The van der Waals surface area contributed by atoms with Gasteiger partial charge < -0.3 is 4.42 Å². The topological polar surface area (TPSA) is 26.0 Å². The fourth-order valence-electron chi connectivity index (χ4n) is 1.66. The van der Waals surface area contributed by atoms with Gasteiger partial charge in [-0.25, -0.2) is 4.98 Å². The van der Waals surface area contributed by atoms with Crippen LogP contribution in [0.5, 0.6) is 0 Å². The van der Waals surface area contributed by atoms with Crippen molar-refractivity contribution in [3.8, 4) is 10.6 Å². The average molecular weight is 294 g/mol. The summed E-state index contributed by atoms with van der Waals surface area (Å²) in [6, 6.07) is 10.5. The fraction of sp³-hybridized carbons (Fsp3) is 0.0833. The predicted octanol–water partition coefficient (Wildman–Crippen LogP) is 4.45. The molecule has 0 fully saturated rings. The Morgan fingerprint density at radius 2 is 2.19 bits per heavy atom. The summed E-state index contributed by atoms with van der Waals surface area (Å²) in [7, 11) is 0. The third-order valence-corrected chi connectivity index (χ3v) is 4.06. The van der Waals surface area contributed by atoms with Gasteiger partial charge in [-0.2, -0.15) is 0 Å². The summed E-state index contributed by atoms with van der Waals surface area (Å²) in [6.45, 7) is 0. The lowest BCUT2D eigenvalue weighted by molar-refractivity contribution is 0.572. The van der Waals surface area contributed by atoms with Gasteiger partial charge in [-0.15, -0.1) is 11.3 Å². The summed E-state index contributed by atoms with van der Waals surface area (Å²) in [5.74, 6) is 0.873. The van der Waals surface area contributed by atoms with E-state index in [-0.39, 0.29) is 0 Å². The molecular weight excluding hydrogens is 286 g/mol. The lowest BCUT2D eigenvalue weighted by Crippen LogP contribution is -1.78. The van der Waals surface area contributed by atoms with E-state index in [1.165, 1.54) is 16.5 Å². The van der Waals surface area contributed by atoms with Crippen LogP contribution in [0.15, 0.2) is 41.1 Å². The molecule has 1 aromatic carbocycles. The quantitative estimate of drug-likeness (QED) is 0.653. The molecule has 0 bridgehead atoms. The normalized spacial score (nSPS) is 11.1. The maximum absolute atomic E-state index is 5.44. The van der Waals surface area contributed by atoms with Crippen LogP contribution in [0.2, 0.25) is 0 Å². The molecule has 4 heteroatoms. The van der Waals surface area contributed by atoms with Crippen molar-refractivity contribution in [2.75, 3.05) is 0 Å². The molecule has 80 valence electrons. The van der Waals surface area contributed by atoms with Gasteiger partial charge in [-0.05, 0) is 17.5 Å². The molecule has 0 saturated carbocycles. The van der Waals surface area contributed by atoms with Crippen LogP contribution >= 0.6 is 27.3 Å². The number of alkyl halides is 1. The van der Waals surface area contributed by atoms with Gasteiger partial charge in [-0.3, -0.25) is 0 Å². The Morgan fingerprint density at radius 1 is 1.31 bits per heavy atom. The van der Waals surface area contributed by atoms with E-state index >= 15 is 0 Å². The molecule has 2 heterocycles. The van der Waals surface area contributed by atoms with E-state index in [4.69, 9.17) is 4.42 Å². The van der Waals surface area contributed by atoms with E-state index in [0.717, 1.165) is 16.3 Å². The third-order valence-electron chi connectivity index (χ3n) is 2.42. The Morgan fingerprint density at radius 3 is 3.00 bits per heavy atom. The number of hydrogen-bond donors (Lipinski definition) is 0. The van der Waals surface area contributed by atoms with Gasteiger partial charge in [0.05, 0.1) is 10.6 Å². The first-order valence-electron chi connectivity index (χ1n) is 4.86. The van der Waals surface area contributed by atoms with Gasteiger partial charge in [0.25, 0.3) is 0 Å². The standard InChI is InChI=1S/C12H8BrNOS/c13-6-9-12(15-7-14-9)11-5-8-3-1-2-4-10(8)16-11/h1-5,7H,6H2. The van der Waals surface area contributed by atoms with Crippen LogP contribution in [0.4, 0.5) is 0 Å². The van der Waals surface area contributed by atoms with Crippen molar-refractivity contribution < 1.29 is 4.42 Å². The van der Waals surface area contributed by atoms with Crippen LogP contribution in [0, 0.1) is 0 Å². The van der Waals surface area contributed by atoms with Crippen LogP contribution in [0.1, 0.15) is 5.69 Å². The van der Waals surface area contributed by atoms with Gasteiger partial charge in [0.2, 0.25) is 0 Å². The monoisotopic (exact) mass is 293 g/mol. The van der Waals surface area contributed by atoms with Crippen molar-refractivity contribution in [3.63, 3.8) is 0 Å². The maximum atomic E-state index is 5.44. The Hall–Kier alpha value is -1.13. The Kier molecular flexibility index (Phi) is 2.53. The molecule has 16 heavy (non-hydrogen) atoms. The van der Waals surface area contributed by atoms with Crippen molar-refractivity contribution in [1.82, 2.24) is 4.98 Å². The molecule has 3 rings (SSSR count). The molecule has 0 aliphatic rings. The van der Waals surface area contributed by atoms with Gasteiger partial charge in [0.15, 0.2) is 12.2 Å². The largest absolute Gasteiger partial charge is 0.442 e. The molecule has 2 aromatic heterocycles. The molecule has 0 N–H and O–H groups in total. The number of hydrogen-bond acceptors (Lipinski definition) is 3. The molecule has 0 unspecified atom stereocenters. The minimum absolute atomic E-state index is 0.715. The molecule has 0 amide bonds. The lowest BCUT2D eigenvalue weighted by atomic mass is 10.2. The fourth-order valence-corrected chi connectivity index (χ4v) is 3.13. The first kappa shape index (κ1) is 10.1. The molecule has 0 aliphatic carbocycles. The number of nitrogens with zero attached hydrogens (tertiary/aromatic N) is 1. The van der Waals surface area contributed by atoms with Crippen molar-refractivity contribution in [3.05, 3.63) is 42.4 Å². The van der Waals surface area contributed by atoms with E-state index in [1.54, 1.807) is 11.3 Å². The first-order valence-corrected chi connectivity index (χ1v) is 6.79. The molecule has 0 spiro atoms. The second-order valence-corrected chi connectivity index (χ2v) is 5.05. The number of fused-ring (bicyclic) bond motifs is 1. The van der Waals surface area contributed by atoms with Gasteiger partial charge >= 0.3 is 0 Å². The zero-order chi connectivity index (χ0) is 11.0. The van der Waals surface area contributed by atoms with Crippen LogP contribution in [0.25, 0.3) is 20.7 Å². The highest BCUT2D eigenvalue weighted by Gasteiger charge is 2.12. The predicted molar refractivity (Wildman–Crippen MR) is 70.0 cm³/mol. The van der Waals surface area contributed by atoms with E-state index in [9.17, 15) is 0 Å². The molecule has 0 atom stereocenters. The Bertz CT molecular complexity index is 596. The molecule has 2 nitrogen and oxygen atoms in total. The van der Waals surface area contributed by atoms with E-state index in [1.807, 2.05) is 12.1 Å². The molecule has 0 saturated heterocycles. The summed E-state index contributed by atoms with van der Waals surface area (Å²) >= 11 is 5.14. The zero-order valence-electron chi connectivity index (χ0n) is 8.31. The Balaban J connectivity index is 2.19. The number of halogens is 1. The maximum Gasteiger partial charge on any atom is 0.181 e. The van der Waals surface area contributed by atoms with Crippen LogP contribution in [-0.2, 0) is 5.33 Å². The van der Waals surface area contributed by atoms with Crippen molar-refractivity contribution >= 4 is 37.4 Å². The summed E-state index contributed by atoms with van der Waals surface area (Å²) < 4.78 is 6.71. The number of thiophene rings is 1. The molecule has 3 aromatic rings. The average Bonchev–Trinajstić information content (AvgIpc) is 2.94. The smallest absolute Gasteiger partial charge is 0.181 e. The van der Waals surface area contributed by atoms with E-state index in [0.29, 0.717) is 5.33 Å². The van der Waals surface area contributed by atoms with Gasteiger partial charge in [0, 0.05) is 10.0 Å². The minimum Gasteiger partial charge on any atom is -0.442 e. The van der Waals surface area contributed by atoms with E-state index in [2.05, 4.69) is 39.1 Å². The highest BCUT2D eigenvalue weighted by Crippen LogP contribution is 2.35. The summed E-state index contributed by atoms with van der Waals surface area (Å²) in [5.41, 5.74) is 0.951. The number of rotatable bonds is 2. The van der Waals surface area contributed by atoms with Crippen molar-refractivity contribution in [2.24, 2.45) is 0 Å². The van der Waals surface area contributed by atoms with Gasteiger partial charge in [0.1, 0.15) is 0 Å². The van der Waals surface area contributed by atoms with Crippen molar-refractivity contribution in [2.45, 2.75) is 5.33 Å². The molecule has 0 radical (unpaired) electrons. The van der Waals surface area contributed by atoms with Gasteiger partial charge in [-0.1, -0.05) is 34.1 Å². The third kappa shape index (κ3) is 1.58. The first-order chi connectivity index (χ1) is 7.88. The number of aromatic nitrogens is 1. The van der Waals surface area contributed by atoms with Crippen LogP contribution < -0.4 is 0 Å². The lowest BCUT2D eigenvalue weighted by Gasteiger charge is -1.91.